The molecule has 4 nitrogen and oxygen atoms in total. The largest absolute Gasteiger partial charge is 0.370 e. The summed E-state index contributed by atoms with van der Waals surface area (Å²) in [6.07, 6.45) is 2.37. The fourth-order valence-corrected chi connectivity index (χ4v) is 2.10. The van der Waals surface area contributed by atoms with E-state index in [0.29, 0.717) is 24.0 Å². The minimum absolute atomic E-state index is 0.338. The number of hydrogen-bond donors (Lipinski definition) is 2. The van der Waals surface area contributed by atoms with Gasteiger partial charge in [-0.3, -0.25) is 4.99 Å². The Hall–Kier alpha value is -0.770. The van der Waals surface area contributed by atoms with Crippen molar-refractivity contribution in [2.24, 2.45) is 16.6 Å². The van der Waals surface area contributed by atoms with Crippen LogP contribution < -0.4 is 11.1 Å². The normalized spacial score (nSPS) is 14.8. The van der Waals surface area contributed by atoms with Crippen molar-refractivity contribution in [3.8, 4) is 0 Å². The Kier molecular flexibility index (Phi) is 7.96. The van der Waals surface area contributed by atoms with E-state index in [1.165, 1.54) is 12.8 Å². The molecular formula is C13H30N4. The van der Waals surface area contributed by atoms with Gasteiger partial charge in [0.05, 0.1) is 6.54 Å². The summed E-state index contributed by atoms with van der Waals surface area (Å²) in [7, 11) is 4.23. The molecule has 0 aromatic rings. The summed E-state index contributed by atoms with van der Waals surface area (Å²) in [6.45, 7) is 9.37. The molecule has 0 saturated heterocycles. The molecule has 0 aromatic heterocycles. The molecule has 0 aromatic carbocycles. The maximum atomic E-state index is 5.83. The van der Waals surface area contributed by atoms with Gasteiger partial charge in [-0.15, -0.1) is 0 Å². The van der Waals surface area contributed by atoms with E-state index >= 15 is 0 Å². The van der Waals surface area contributed by atoms with Gasteiger partial charge in [0, 0.05) is 12.1 Å². The highest BCUT2D eigenvalue weighted by molar-refractivity contribution is 5.78. The lowest BCUT2D eigenvalue weighted by Gasteiger charge is -2.30. The predicted molar refractivity (Wildman–Crippen MR) is 76.3 cm³/mol. The Morgan fingerprint density at radius 3 is 2.12 bits per heavy atom. The van der Waals surface area contributed by atoms with Crippen molar-refractivity contribution < 1.29 is 0 Å². The summed E-state index contributed by atoms with van der Waals surface area (Å²) < 4.78 is 0. The van der Waals surface area contributed by atoms with Crippen LogP contribution in [0.25, 0.3) is 0 Å². The van der Waals surface area contributed by atoms with Gasteiger partial charge in [-0.1, -0.05) is 26.7 Å². The maximum absolute atomic E-state index is 5.83. The minimum Gasteiger partial charge on any atom is -0.370 e. The molecule has 0 rings (SSSR count). The van der Waals surface area contributed by atoms with Gasteiger partial charge in [0.25, 0.3) is 0 Å². The third-order valence-corrected chi connectivity index (χ3v) is 3.14. The zero-order chi connectivity index (χ0) is 13.4. The maximum Gasteiger partial charge on any atom is 0.188 e. The van der Waals surface area contributed by atoms with Crippen molar-refractivity contribution in [3.05, 3.63) is 0 Å². The van der Waals surface area contributed by atoms with Gasteiger partial charge in [0.1, 0.15) is 0 Å². The Bertz CT molecular complexity index is 219. The molecule has 1 unspecified atom stereocenters. The van der Waals surface area contributed by atoms with Crippen molar-refractivity contribution in [3.63, 3.8) is 0 Å². The van der Waals surface area contributed by atoms with Gasteiger partial charge >= 0.3 is 0 Å². The van der Waals surface area contributed by atoms with Crippen LogP contribution in [-0.4, -0.2) is 43.6 Å². The molecule has 0 fully saturated rings. The lowest BCUT2D eigenvalue weighted by molar-refractivity contribution is 0.206. The zero-order valence-corrected chi connectivity index (χ0v) is 12.3. The molecule has 0 radical (unpaired) electrons. The fraction of sp³-hybridized carbons (Fsp3) is 0.923. The van der Waals surface area contributed by atoms with Crippen LogP contribution in [0.2, 0.25) is 0 Å². The summed E-state index contributed by atoms with van der Waals surface area (Å²) in [5.41, 5.74) is 5.83. The summed E-state index contributed by atoms with van der Waals surface area (Å²) in [6, 6.07) is 0.808. The molecule has 17 heavy (non-hydrogen) atoms. The molecule has 102 valence electrons. The highest BCUT2D eigenvalue weighted by Gasteiger charge is 2.20. The van der Waals surface area contributed by atoms with Crippen molar-refractivity contribution >= 4 is 5.96 Å². The van der Waals surface area contributed by atoms with Crippen molar-refractivity contribution in [2.45, 2.75) is 52.6 Å². The Balaban J connectivity index is 4.45. The summed E-state index contributed by atoms with van der Waals surface area (Å²) in [5.74, 6) is 1.23. The van der Waals surface area contributed by atoms with Crippen LogP contribution in [0.3, 0.4) is 0 Å². The van der Waals surface area contributed by atoms with Crippen LogP contribution in [0, 0.1) is 5.92 Å². The quantitative estimate of drug-likeness (QED) is 0.527. The number of hydrogen-bond acceptors (Lipinski definition) is 2. The molecule has 0 bridgehead atoms. The summed E-state index contributed by atoms with van der Waals surface area (Å²) in [5, 5.41) is 3.12. The number of rotatable bonds is 7. The zero-order valence-electron chi connectivity index (χ0n) is 12.3. The number of guanidine groups is 1. The average molecular weight is 242 g/mol. The first-order valence-electron chi connectivity index (χ1n) is 6.65. The highest BCUT2D eigenvalue weighted by atomic mass is 15.2. The van der Waals surface area contributed by atoms with Crippen LogP contribution in [-0.2, 0) is 0 Å². The Morgan fingerprint density at radius 1 is 1.24 bits per heavy atom. The number of aliphatic imine (C=N–C) groups is 1. The number of nitrogens with zero attached hydrogens (tertiary/aromatic N) is 2. The van der Waals surface area contributed by atoms with Gasteiger partial charge < -0.3 is 16.0 Å². The van der Waals surface area contributed by atoms with Crippen LogP contribution in [0.5, 0.6) is 0 Å². The van der Waals surface area contributed by atoms with Crippen LogP contribution >= 0.6 is 0 Å². The van der Waals surface area contributed by atoms with Crippen molar-refractivity contribution in [1.82, 2.24) is 10.2 Å². The van der Waals surface area contributed by atoms with Crippen LogP contribution in [0.1, 0.15) is 40.5 Å². The van der Waals surface area contributed by atoms with E-state index in [4.69, 9.17) is 5.73 Å². The lowest BCUT2D eigenvalue weighted by Crippen LogP contribution is -2.41. The molecule has 0 heterocycles. The monoisotopic (exact) mass is 242 g/mol. The number of nitrogens with two attached hydrogens (primary N) is 1. The van der Waals surface area contributed by atoms with Gasteiger partial charge in [-0.05, 0) is 33.9 Å². The van der Waals surface area contributed by atoms with Crippen LogP contribution in [0.15, 0.2) is 4.99 Å². The molecule has 0 aliphatic rings. The smallest absolute Gasteiger partial charge is 0.188 e. The van der Waals surface area contributed by atoms with Gasteiger partial charge in [0.2, 0.25) is 0 Å². The SMILES string of the molecule is CCC(CC)C(CN=C(N)NC(C)C)N(C)C. The van der Waals surface area contributed by atoms with E-state index in [1.807, 2.05) is 0 Å². The Morgan fingerprint density at radius 2 is 1.76 bits per heavy atom. The van der Waals surface area contributed by atoms with E-state index in [9.17, 15) is 0 Å². The second-order valence-electron chi connectivity index (χ2n) is 5.13. The molecule has 0 amide bonds. The van der Waals surface area contributed by atoms with Crippen molar-refractivity contribution in [2.75, 3.05) is 20.6 Å². The second kappa shape index (κ2) is 8.34. The predicted octanol–water partition coefficient (Wildman–Crippen LogP) is 1.67. The van der Waals surface area contributed by atoms with Crippen molar-refractivity contribution in [1.29, 1.82) is 0 Å². The van der Waals surface area contributed by atoms with E-state index in [-0.39, 0.29) is 0 Å². The van der Waals surface area contributed by atoms with E-state index in [2.05, 4.69) is 57.0 Å². The summed E-state index contributed by atoms with van der Waals surface area (Å²) >= 11 is 0. The van der Waals surface area contributed by atoms with E-state index in [0.717, 1.165) is 6.54 Å². The second-order valence-corrected chi connectivity index (χ2v) is 5.13. The van der Waals surface area contributed by atoms with Gasteiger partial charge in [0.15, 0.2) is 5.96 Å². The van der Waals surface area contributed by atoms with Crippen LogP contribution in [0.4, 0.5) is 0 Å². The fourth-order valence-electron chi connectivity index (χ4n) is 2.10. The molecule has 4 heteroatoms. The molecular weight excluding hydrogens is 212 g/mol. The number of likely N-dealkylation sites (N-methyl/N-ethyl adjacent to an activating group) is 1. The van der Waals surface area contributed by atoms with Gasteiger partial charge in [-0.2, -0.15) is 0 Å². The first-order chi connectivity index (χ1) is 7.92. The molecule has 0 aliphatic carbocycles. The molecule has 0 spiro atoms. The summed E-state index contributed by atoms with van der Waals surface area (Å²) in [4.78, 5) is 6.70. The molecule has 0 aliphatic heterocycles. The molecule has 1 atom stereocenters. The van der Waals surface area contributed by atoms with Gasteiger partial charge in [-0.25, -0.2) is 0 Å². The standard InChI is InChI=1S/C13H30N4/c1-7-11(8-2)12(17(5)6)9-15-13(14)16-10(3)4/h10-12H,7-9H2,1-6H3,(H3,14,15,16). The highest BCUT2D eigenvalue weighted by Crippen LogP contribution is 2.17. The Labute approximate surface area is 107 Å². The van der Waals surface area contributed by atoms with E-state index in [1.54, 1.807) is 0 Å². The third kappa shape index (κ3) is 6.51. The molecule has 3 N–H and O–H groups in total. The third-order valence-electron chi connectivity index (χ3n) is 3.14. The lowest BCUT2D eigenvalue weighted by atomic mass is 9.93. The molecule has 0 saturated carbocycles. The first kappa shape index (κ1) is 16.2. The van der Waals surface area contributed by atoms with E-state index < -0.39 is 0 Å². The average Bonchev–Trinajstić information content (AvgIpc) is 2.22. The number of nitrogens with one attached hydrogen (secondary N) is 1. The topological polar surface area (TPSA) is 53.6 Å². The minimum atomic E-state index is 0.338. The first-order valence-corrected chi connectivity index (χ1v) is 6.65.